The summed E-state index contributed by atoms with van der Waals surface area (Å²) in [6.07, 6.45) is 2.35. The van der Waals surface area contributed by atoms with Crippen molar-refractivity contribution in [3.8, 4) is 17.5 Å². The Kier molecular flexibility index (Phi) is 6.49. The van der Waals surface area contributed by atoms with Gasteiger partial charge in [0.25, 0.3) is 5.56 Å². The topological polar surface area (TPSA) is 112 Å². The fraction of sp³-hybridized carbons (Fsp3) is 0.107. The van der Waals surface area contributed by atoms with Gasteiger partial charge in [-0.25, -0.2) is 28.7 Å². The molecule has 0 saturated heterocycles. The lowest BCUT2D eigenvalue weighted by Gasteiger charge is -2.21. The highest BCUT2D eigenvalue weighted by Gasteiger charge is 2.22. The van der Waals surface area contributed by atoms with Crippen LogP contribution < -0.4 is 16.6 Å². The molecule has 0 amide bonds. The molecule has 0 radical (unpaired) electrons. The van der Waals surface area contributed by atoms with Gasteiger partial charge in [0.2, 0.25) is 0 Å². The van der Waals surface area contributed by atoms with Crippen molar-refractivity contribution in [2.45, 2.75) is 19.9 Å². The number of nitrogens with one attached hydrogen (secondary N) is 1. The highest BCUT2D eigenvalue weighted by Crippen LogP contribution is 2.25. The molecule has 3 heterocycles. The molecule has 0 saturated carbocycles. The number of nitrogens with two attached hydrogens (primary N) is 1. The Labute approximate surface area is 216 Å². The van der Waals surface area contributed by atoms with E-state index < -0.39 is 23.2 Å². The molecule has 0 fully saturated rings. The summed E-state index contributed by atoms with van der Waals surface area (Å²) < 4.78 is 29.4. The normalized spacial score (nSPS) is 11.6. The third kappa shape index (κ3) is 4.65. The average molecular weight is 510 g/mol. The van der Waals surface area contributed by atoms with Crippen molar-refractivity contribution < 1.29 is 8.78 Å². The molecule has 0 aliphatic heterocycles. The van der Waals surface area contributed by atoms with Crippen LogP contribution in [0.5, 0.6) is 0 Å². The van der Waals surface area contributed by atoms with Crippen LogP contribution in [0.25, 0.3) is 16.6 Å². The number of rotatable bonds is 4. The van der Waals surface area contributed by atoms with E-state index in [0.29, 0.717) is 34.2 Å². The number of hydrogen-bond donors (Lipinski definition) is 2. The maximum absolute atomic E-state index is 14.8. The summed E-state index contributed by atoms with van der Waals surface area (Å²) in [6.45, 7) is 3.56. The smallest absolute Gasteiger partial charge is 0.269 e. The predicted molar refractivity (Wildman–Crippen MR) is 141 cm³/mol. The molecule has 2 aromatic carbocycles. The summed E-state index contributed by atoms with van der Waals surface area (Å²) in [7, 11) is 0. The molecule has 0 bridgehead atoms. The molecule has 0 spiro atoms. The van der Waals surface area contributed by atoms with E-state index in [1.165, 1.54) is 29.1 Å². The fourth-order valence-electron chi connectivity index (χ4n) is 3.99. The summed E-state index contributed by atoms with van der Waals surface area (Å²) in [5, 5.41) is 3.13. The first-order valence-corrected chi connectivity index (χ1v) is 11.6. The van der Waals surface area contributed by atoms with Gasteiger partial charge in [-0.1, -0.05) is 30.2 Å². The lowest BCUT2D eigenvalue weighted by atomic mass is 10.1. The number of benzene rings is 2. The van der Waals surface area contributed by atoms with Gasteiger partial charge in [0.15, 0.2) is 0 Å². The van der Waals surface area contributed by atoms with E-state index in [4.69, 9.17) is 10.7 Å². The Hall–Kier alpha value is -5.17. The van der Waals surface area contributed by atoms with Crippen LogP contribution >= 0.6 is 0 Å². The number of aromatic nitrogens is 5. The van der Waals surface area contributed by atoms with Crippen molar-refractivity contribution in [3.05, 3.63) is 112 Å². The van der Waals surface area contributed by atoms with Crippen LogP contribution in [-0.4, -0.2) is 24.5 Å². The van der Waals surface area contributed by atoms with E-state index in [2.05, 4.69) is 32.1 Å². The number of pyridine rings is 1. The van der Waals surface area contributed by atoms with Crippen molar-refractivity contribution in [3.63, 3.8) is 0 Å². The van der Waals surface area contributed by atoms with E-state index in [-0.39, 0.29) is 16.7 Å². The molecule has 188 valence electrons. The second-order valence-corrected chi connectivity index (χ2v) is 8.49. The molecule has 38 heavy (non-hydrogen) atoms. The van der Waals surface area contributed by atoms with E-state index >= 15 is 0 Å². The molecule has 5 rings (SSSR count). The second kappa shape index (κ2) is 10.1. The second-order valence-electron chi connectivity index (χ2n) is 8.49. The molecule has 5 aromatic rings. The average Bonchev–Trinajstić information content (AvgIpc) is 2.91. The maximum atomic E-state index is 14.8. The third-order valence-corrected chi connectivity index (χ3v) is 5.88. The van der Waals surface area contributed by atoms with Crippen molar-refractivity contribution in [1.29, 1.82) is 0 Å². The molecule has 8 nitrogen and oxygen atoms in total. The molecule has 0 aliphatic rings. The van der Waals surface area contributed by atoms with Crippen molar-refractivity contribution in [2.24, 2.45) is 0 Å². The number of para-hydroxylation sites is 1. The van der Waals surface area contributed by atoms with Gasteiger partial charge in [-0.3, -0.25) is 9.36 Å². The number of fused-ring (bicyclic) bond motifs is 1. The van der Waals surface area contributed by atoms with Gasteiger partial charge in [-0.05, 0) is 55.7 Å². The van der Waals surface area contributed by atoms with Gasteiger partial charge in [0, 0.05) is 0 Å². The van der Waals surface area contributed by atoms with Gasteiger partial charge in [-0.15, -0.1) is 0 Å². The van der Waals surface area contributed by atoms with E-state index in [0.717, 1.165) is 6.20 Å². The molecule has 3 aromatic heterocycles. The first-order chi connectivity index (χ1) is 18.3. The van der Waals surface area contributed by atoms with Crippen LogP contribution in [0.3, 0.4) is 0 Å². The molecule has 0 aliphatic carbocycles. The van der Waals surface area contributed by atoms with Crippen molar-refractivity contribution in [1.82, 2.24) is 24.5 Å². The summed E-state index contributed by atoms with van der Waals surface area (Å²) in [6, 6.07) is 13.8. The minimum absolute atomic E-state index is 0.0885. The minimum atomic E-state index is -0.643. The number of hydrogen-bond acceptors (Lipinski definition) is 7. The molecule has 1 unspecified atom stereocenters. The number of halogens is 2. The van der Waals surface area contributed by atoms with Gasteiger partial charge in [-0.2, -0.15) is 0 Å². The van der Waals surface area contributed by atoms with Gasteiger partial charge >= 0.3 is 0 Å². The molecule has 1 atom stereocenters. The monoisotopic (exact) mass is 509 g/mol. The number of nitrogen functional groups attached to an aromatic ring is 1. The van der Waals surface area contributed by atoms with E-state index in [9.17, 15) is 13.6 Å². The molecular formula is C28H21F2N7O. The summed E-state index contributed by atoms with van der Waals surface area (Å²) >= 11 is 0. The lowest BCUT2D eigenvalue weighted by molar-refractivity contribution is 0.621. The van der Waals surface area contributed by atoms with Crippen molar-refractivity contribution in [2.75, 3.05) is 11.1 Å². The number of aryl methyl sites for hydroxylation is 1. The van der Waals surface area contributed by atoms with Crippen LogP contribution in [0.2, 0.25) is 0 Å². The fourth-order valence-corrected chi connectivity index (χ4v) is 3.99. The van der Waals surface area contributed by atoms with E-state index in [1.54, 1.807) is 44.2 Å². The first kappa shape index (κ1) is 24.5. The van der Waals surface area contributed by atoms with Crippen LogP contribution in [0.15, 0.2) is 71.9 Å². The molecule has 3 N–H and O–H groups in total. The highest BCUT2D eigenvalue weighted by molar-refractivity contribution is 5.82. The quantitative estimate of drug-likeness (QED) is 0.347. The van der Waals surface area contributed by atoms with Crippen LogP contribution in [0.1, 0.15) is 35.6 Å². The standard InChI is InChI=1S/C28H21F2N7O/c1-16-8-13-22(30)23-24(16)36-27(37(28(23)38)20-6-4-3-5-7-20)17(2)35-26-21(25(31)33-15-34-26)12-11-19-10-9-18(29)14-32-19/h3-10,13-15,17H,1-2H3,(H3,31,33,34,35). The van der Waals surface area contributed by atoms with Crippen LogP contribution in [0.4, 0.5) is 20.4 Å². The molecular weight excluding hydrogens is 488 g/mol. The van der Waals surface area contributed by atoms with E-state index in [1.807, 2.05) is 6.07 Å². The summed E-state index contributed by atoms with van der Waals surface area (Å²) in [4.78, 5) is 30.6. The Bertz CT molecular complexity index is 1780. The third-order valence-electron chi connectivity index (χ3n) is 5.88. The van der Waals surface area contributed by atoms with Crippen molar-refractivity contribution >= 4 is 22.5 Å². The molecule has 10 heteroatoms. The Balaban J connectivity index is 1.63. The first-order valence-electron chi connectivity index (χ1n) is 11.6. The van der Waals surface area contributed by atoms with Gasteiger partial charge < -0.3 is 11.1 Å². The highest BCUT2D eigenvalue weighted by atomic mass is 19.1. The van der Waals surface area contributed by atoms with Gasteiger partial charge in [0.05, 0.1) is 23.4 Å². The maximum Gasteiger partial charge on any atom is 0.269 e. The Morgan fingerprint density at radius 2 is 1.79 bits per heavy atom. The minimum Gasteiger partial charge on any atom is -0.382 e. The van der Waals surface area contributed by atoms with Crippen LogP contribution in [-0.2, 0) is 0 Å². The Morgan fingerprint density at radius 1 is 1.00 bits per heavy atom. The Morgan fingerprint density at radius 3 is 2.53 bits per heavy atom. The van der Waals surface area contributed by atoms with Gasteiger partial charge in [0.1, 0.15) is 52.1 Å². The predicted octanol–water partition coefficient (Wildman–Crippen LogP) is 4.31. The SMILES string of the molecule is Cc1ccc(F)c2c(=O)n(-c3ccccc3)c(C(C)Nc3ncnc(N)c3C#Cc3ccc(F)cn3)nc12. The zero-order chi connectivity index (χ0) is 26.8. The summed E-state index contributed by atoms with van der Waals surface area (Å²) in [5.74, 6) is 5.35. The summed E-state index contributed by atoms with van der Waals surface area (Å²) in [5.41, 5.74) is 7.65. The number of anilines is 2. The number of nitrogens with zero attached hydrogens (tertiary/aromatic N) is 5. The zero-order valence-corrected chi connectivity index (χ0v) is 20.4. The largest absolute Gasteiger partial charge is 0.382 e. The lowest BCUT2D eigenvalue weighted by Crippen LogP contribution is -2.28. The zero-order valence-electron chi connectivity index (χ0n) is 20.4. The van der Waals surface area contributed by atoms with Crippen LogP contribution in [0, 0.1) is 30.4 Å².